The van der Waals surface area contributed by atoms with Crippen LogP contribution in [0.1, 0.15) is 38.2 Å². The highest BCUT2D eigenvalue weighted by molar-refractivity contribution is 9.10. The fourth-order valence-corrected chi connectivity index (χ4v) is 3.22. The smallest absolute Gasteiger partial charge is 0.148 e. The highest BCUT2D eigenvalue weighted by Crippen LogP contribution is 2.26. The molecule has 0 aliphatic heterocycles. The highest BCUT2D eigenvalue weighted by Gasteiger charge is 2.20. The molecule has 1 fully saturated rings. The predicted octanol–water partition coefficient (Wildman–Crippen LogP) is 4.13. The number of hydrogen-bond acceptors (Lipinski definition) is 2. The Morgan fingerprint density at radius 2 is 2.20 bits per heavy atom. The summed E-state index contributed by atoms with van der Waals surface area (Å²) in [4.78, 5) is 0. The number of rotatable bonds is 5. The number of hydrogen-bond donors (Lipinski definition) is 1. The van der Waals surface area contributed by atoms with E-state index >= 15 is 0 Å². The van der Waals surface area contributed by atoms with Gasteiger partial charge in [-0.1, -0.05) is 41.6 Å². The molecular formula is C17H22BrNO. The van der Waals surface area contributed by atoms with Crippen molar-refractivity contribution in [2.45, 2.75) is 45.2 Å². The van der Waals surface area contributed by atoms with Crippen molar-refractivity contribution in [2.75, 3.05) is 6.61 Å². The zero-order chi connectivity index (χ0) is 14.4. The predicted molar refractivity (Wildman–Crippen MR) is 86.7 cm³/mol. The van der Waals surface area contributed by atoms with E-state index in [1.165, 1.54) is 25.7 Å². The molecule has 0 saturated heterocycles. The van der Waals surface area contributed by atoms with Crippen LogP contribution in [0, 0.1) is 18.3 Å². The molecule has 3 heteroatoms. The number of terminal acetylenes is 1. The van der Waals surface area contributed by atoms with Gasteiger partial charge in [0.25, 0.3) is 0 Å². The first-order valence-electron chi connectivity index (χ1n) is 7.29. The van der Waals surface area contributed by atoms with Gasteiger partial charge >= 0.3 is 0 Å². The summed E-state index contributed by atoms with van der Waals surface area (Å²) < 4.78 is 6.68. The largest absolute Gasteiger partial charge is 0.481 e. The second-order valence-corrected chi connectivity index (χ2v) is 6.41. The van der Waals surface area contributed by atoms with Crippen molar-refractivity contribution in [1.82, 2.24) is 5.32 Å². The lowest BCUT2D eigenvalue weighted by Crippen LogP contribution is -2.36. The van der Waals surface area contributed by atoms with Gasteiger partial charge in [0.1, 0.15) is 12.4 Å². The first kappa shape index (κ1) is 15.4. The fourth-order valence-electron chi connectivity index (χ4n) is 2.81. The summed E-state index contributed by atoms with van der Waals surface area (Å²) in [6.45, 7) is 3.48. The second kappa shape index (κ2) is 7.71. The Morgan fingerprint density at radius 3 is 2.95 bits per heavy atom. The van der Waals surface area contributed by atoms with Crippen LogP contribution >= 0.6 is 15.9 Å². The molecule has 2 nitrogen and oxygen atoms in total. The van der Waals surface area contributed by atoms with E-state index in [2.05, 4.69) is 40.2 Å². The fraction of sp³-hybridized carbons (Fsp3) is 0.529. The molecule has 0 bridgehead atoms. The maximum absolute atomic E-state index is 5.61. The molecule has 0 amide bonds. The number of halogens is 1. The van der Waals surface area contributed by atoms with Crippen LogP contribution in [0.15, 0.2) is 22.7 Å². The van der Waals surface area contributed by atoms with Gasteiger partial charge in [0.05, 0.1) is 0 Å². The highest BCUT2D eigenvalue weighted by atomic mass is 79.9. The van der Waals surface area contributed by atoms with Gasteiger partial charge in [-0.15, -0.1) is 6.42 Å². The van der Waals surface area contributed by atoms with E-state index in [4.69, 9.17) is 11.2 Å². The normalized spacial score (nSPS) is 22.2. The topological polar surface area (TPSA) is 21.3 Å². The summed E-state index contributed by atoms with van der Waals surface area (Å²) >= 11 is 3.52. The molecule has 20 heavy (non-hydrogen) atoms. The van der Waals surface area contributed by atoms with Gasteiger partial charge in [-0.05, 0) is 37.0 Å². The van der Waals surface area contributed by atoms with Gasteiger partial charge in [0, 0.05) is 22.6 Å². The molecule has 1 saturated carbocycles. The van der Waals surface area contributed by atoms with Gasteiger partial charge in [-0.2, -0.15) is 0 Å². The van der Waals surface area contributed by atoms with Gasteiger partial charge < -0.3 is 10.1 Å². The Morgan fingerprint density at radius 1 is 1.40 bits per heavy atom. The van der Waals surface area contributed by atoms with Gasteiger partial charge in [0.2, 0.25) is 0 Å². The number of nitrogens with one attached hydrogen (secondary N) is 1. The summed E-state index contributed by atoms with van der Waals surface area (Å²) in [5.74, 6) is 4.15. The number of benzene rings is 1. The SMILES string of the molecule is C#CCOc1ccc(Br)cc1CNC1CCCCC1C. The van der Waals surface area contributed by atoms with Crippen LogP contribution in [-0.4, -0.2) is 12.6 Å². The minimum absolute atomic E-state index is 0.314. The summed E-state index contributed by atoms with van der Waals surface area (Å²) in [7, 11) is 0. The molecule has 1 aliphatic carbocycles. The molecule has 2 rings (SSSR count). The molecule has 2 unspecified atom stereocenters. The Hall–Kier alpha value is -0.980. The van der Waals surface area contributed by atoms with E-state index in [0.717, 1.165) is 28.2 Å². The van der Waals surface area contributed by atoms with Crippen LogP contribution in [-0.2, 0) is 6.54 Å². The van der Waals surface area contributed by atoms with Crippen LogP contribution in [0.5, 0.6) is 5.75 Å². The van der Waals surface area contributed by atoms with E-state index in [-0.39, 0.29) is 0 Å². The first-order chi connectivity index (χ1) is 9.70. The maximum Gasteiger partial charge on any atom is 0.148 e. The van der Waals surface area contributed by atoms with E-state index in [1.807, 2.05) is 12.1 Å². The third-order valence-corrected chi connectivity index (χ3v) is 4.49. The average molecular weight is 336 g/mol. The molecule has 1 aromatic carbocycles. The molecule has 0 heterocycles. The first-order valence-corrected chi connectivity index (χ1v) is 8.08. The minimum atomic E-state index is 0.314. The van der Waals surface area contributed by atoms with Crippen molar-refractivity contribution in [1.29, 1.82) is 0 Å². The van der Waals surface area contributed by atoms with Crippen molar-refractivity contribution in [3.8, 4) is 18.1 Å². The summed E-state index contributed by atoms with van der Waals surface area (Å²) in [6.07, 6.45) is 10.6. The number of ether oxygens (including phenoxy) is 1. The Balaban J connectivity index is 2.00. The molecular weight excluding hydrogens is 314 g/mol. The molecule has 2 atom stereocenters. The third-order valence-electron chi connectivity index (χ3n) is 4.00. The molecule has 1 aromatic rings. The summed E-state index contributed by atoms with van der Waals surface area (Å²) in [5.41, 5.74) is 1.16. The lowest BCUT2D eigenvalue weighted by atomic mass is 9.86. The molecule has 108 valence electrons. The minimum Gasteiger partial charge on any atom is -0.481 e. The van der Waals surface area contributed by atoms with Crippen LogP contribution in [0.3, 0.4) is 0 Å². The molecule has 0 aromatic heterocycles. The van der Waals surface area contributed by atoms with Crippen LogP contribution in [0.4, 0.5) is 0 Å². The molecule has 1 aliphatic rings. The van der Waals surface area contributed by atoms with E-state index in [0.29, 0.717) is 12.6 Å². The van der Waals surface area contributed by atoms with Crippen molar-refractivity contribution in [3.63, 3.8) is 0 Å². The van der Waals surface area contributed by atoms with Crippen molar-refractivity contribution >= 4 is 15.9 Å². The third kappa shape index (κ3) is 4.26. The quantitative estimate of drug-likeness (QED) is 0.817. The summed E-state index contributed by atoms with van der Waals surface area (Å²) in [5, 5.41) is 3.68. The van der Waals surface area contributed by atoms with Crippen LogP contribution in [0.2, 0.25) is 0 Å². The Bertz CT molecular complexity index is 480. The molecule has 1 N–H and O–H groups in total. The van der Waals surface area contributed by atoms with Crippen molar-refractivity contribution in [2.24, 2.45) is 5.92 Å². The monoisotopic (exact) mass is 335 g/mol. The Kier molecular flexibility index (Phi) is 5.94. The van der Waals surface area contributed by atoms with E-state index < -0.39 is 0 Å². The Labute approximate surface area is 130 Å². The lowest BCUT2D eigenvalue weighted by Gasteiger charge is -2.30. The standard InChI is InChI=1S/C17H22BrNO/c1-3-10-20-17-9-8-15(18)11-14(17)12-19-16-7-5-4-6-13(16)2/h1,8-9,11,13,16,19H,4-7,10,12H2,2H3. The molecule has 0 spiro atoms. The lowest BCUT2D eigenvalue weighted by molar-refractivity contribution is 0.277. The van der Waals surface area contributed by atoms with Crippen molar-refractivity contribution < 1.29 is 4.74 Å². The molecule has 0 radical (unpaired) electrons. The zero-order valence-corrected chi connectivity index (χ0v) is 13.6. The van der Waals surface area contributed by atoms with Gasteiger partial charge in [-0.25, -0.2) is 0 Å². The summed E-state index contributed by atoms with van der Waals surface area (Å²) in [6, 6.07) is 6.68. The second-order valence-electron chi connectivity index (χ2n) is 5.49. The van der Waals surface area contributed by atoms with Crippen molar-refractivity contribution in [3.05, 3.63) is 28.2 Å². The van der Waals surface area contributed by atoms with E-state index in [9.17, 15) is 0 Å². The maximum atomic E-state index is 5.61. The zero-order valence-electron chi connectivity index (χ0n) is 12.0. The van der Waals surface area contributed by atoms with Crippen LogP contribution in [0.25, 0.3) is 0 Å². The van der Waals surface area contributed by atoms with Gasteiger partial charge in [-0.3, -0.25) is 0 Å². The average Bonchev–Trinajstić information content (AvgIpc) is 2.45. The van der Waals surface area contributed by atoms with E-state index in [1.54, 1.807) is 0 Å². The van der Waals surface area contributed by atoms with Gasteiger partial charge in [0.15, 0.2) is 0 Å². The van der Waals surface area contributed by atoms with Crippen LogP contribution < -0.4 is 10.1 Å².